The van der Waals surface area contributed by atoms with Gasteiger partial charge in [0.25, 0.3) is 0 Å². The molecule has 0 amide bonds. The van der Waals surface area contributed by atoms with Crippen molar-refractivity contribution in [2.45, 2.75) is 65.1 Å². The number of hydrogen-bond donors (Lipinski definition) is 0. The molecule has 1 heterocycles. The van der Waals surface area contributed by atoms with Crippen LogP contribution in [0.4, 0.5) is 0 Å². The monoisotopic (exact) mass is 384 g/mol. The van der Waals surface area contributed by atoms with Gasteiger partial charge in [0.2, 0.25) is 0 Å². The van der Waals surface area contributed by atoms with Crippen LogP contribution in [-0.4, -0.2) is 18.3 Å². The van der Waals surface area contributed by atoms with E-state index < -0.39 is 0 Å². The fraction of sp³-hybridized carbons (Fsp3) is 0.385. The van der Waals surface area contributed by atoms with Gasteiger partial charge in [-0.2, -0.15) is 0 Å². The average molecular weight is 384 g/mol. The van der Waals surface area contributed by atoms with Crippen LogP contribution in [0.2, 0.25) is 0 Å². The lowest BCUT2D eigenvalue weighted by molar-refractivity contribution is 0.00578. The van der Waals surface area contributed by atoms with Crippen LogP contribution in [-0.2, 0) is 14.7 Å². The molecule has 0 saturated carbocycles. The predicted octanol–water partition coefficient (Wildman–Crippen LogP) is 6.18. The van der Waals surface area contributed by atoms with Crippen molar-refractivity contribution >= 4 is 44.9 Å². The molecule has 0 aromatic heterocycles. The third-order valence-corrected chi connectivity index (χ3v) is 7.01. The van der Waals surface area contributed by atoms with E-state index in [0.29, 0.717) is 0 Å². The van der Waals surface area contributed by atoms with E-state index in [-0.39, 0.29) is 23.7 Å². The maximum Gasteiger partial charge on any atom is 0.495 e. The van der Waals surface area contributed by atoms with Crippen molar-refractivity contribution in [3.63, 3.8) is 0 Å². The van der Waals surface area contributed by atoms with Crippen molar-refractivity contribution in [2.24, 2.45) is 0 Å². The van der Waals surface area contributed by atoms with E-state index in [1.165, 1.54) is 37.9 Å². The second-order valence-corrected chi connectivity index (χ2v) is 10.6. The smallest absolute Gasteiger partial charge is 0.399 e. The summed E-state index contributed by atoms with van der Waals surface area (Å²) in [4.78, 5) is 0. The summed E-state index contributed by atoms with van der Waals surface area (Å²) in [5.74, 6) is 0. The van der Waals surface area contributed by atoms with Crippen LogP contribution in [0.1, 0.15) is 54.0 Å². The van der Waals surface area contributed by atoms with Crippen LogP contribution < -0.4 is 5.46 Å². The van der Waals surface area contributed by atoms with Gasteiger partial charge < -0.3 is 9.31 Å². The molecular weight excluding hydrogens is 355 g/mol. The quantitative estimate of drug-likeness (QED) is 0.288. The molecule has 4 aromatic carbocycles. The summed E-state index contributed by atoms with van der Waals surface area (Å²) < 4.78 is 12.8. The van der Waals surface area contributed by atoms with E-state index in [4.69, 9.17) is 9.31 Å². The van der Waals surface area contributed by atoms with Crippen molar-refractivity contribution in [1.29, 1.82) is 0 Å². The maximum absolute atomic E-state index is 6.38. The van der Waals surface area contributed by atoms with Crippen molar-refractivity contribution in [1.82, 2.24) is 0 Å². The van der Waals surface area contributed by atoms with Crippen LogP contribution in [0.25, 0.3) is 32.3 Å². The Balaban J connectivity index is 1.78. The average Bonchev–Trinajstić information content (AvgIpc) is 2.85. The van der Waals surface area contributed by atoms with E-state index in [9.17, 15) is 0 Å². The van der Waals surface area contributed by atoms with Crippen LogP contribution in [0, 0.1) is 0 Å². The highest BCUT2D eigenvalue weighted by Gasteiger charge is 2.52. The van der Waals surface area contributed by atoms with E-state index in [2.05, 4.69) is 97.0 Å². The van der Waals surface area contributed by atoms with Crippen LogP contribution in [0.3, 0.4) is 0 Å². The standard InChI is InChI=1S/C26H29BO2/c1-24(2,3)19-14-17-9-8-16-11-13-21(27-28-25(4,5)26(6,7)29-27)20-12-10-18(15-19)22(17)23(16)20/h8-15H,1-7H3. The van der Waals surface area contributed by atoms with Crippen molar-refractivity contribution in [3.05, 3.63) is 54.1 Å². The molecule has 4 aromatic rings. The molecule has 1 aliphatic heterocycles. The van der Waals surface area contributed by atoms with Crippen molar-refractivity contribution in [3.8, 4) is 0 Å². The van der Waals surface area contributed by atoms with Gasteiger partial charge in [0.15, 0.2) is 0 Å². The van der Waals surface area contributed by atoms with Gasteiger partial charge in [-0.25, -0.2) is 0 Å². The SMILES string of the molecule is CC(C)(C)c1cc2ccc3ccc(B4OC(C)(C)C(C)(C)O4)c4ccc(c1)c2c34. The van der Waals surface area contributed by atoms with Crippen LogP contribution >= 0.6 is 0 Å². The lowest BCUT2D eigenvalue weighted by Gasteiger charge is -2.32. The molecule has 29 heavy (non-hydrogen) atoms. The van der Waals surface area contributed by atoms with Gasteiger partial charge in [0.05, 0.1) is 11.2 Å². The summed E-state index contributed by atoms with van der Waals surface area (Å²) in [6, 6.07) is 18.1. The number of rotatable bonds is 1. The Kier molecular flexibility index (Phi) is 3.74. The van der Waals surface area contributed by atoms with Gasteiger partial charge in [-0.1, -0.05) is 69.3 Å². The number of hydrogen-bond acceptors (Lipinski definition) is 2. The first kappa shape index (κ1) is 18.9. The summed E-state index contributed by atoms with van der Waals surface area (Å²) in [5.41, 5.74) is 1.92. The van der Waals surface area contributed by atoms with E-state index in [1.54, 1.807) is 0 Å². The largest absolute Gasteiger partial charge is 0.495 e. The van der Waals surface area contributed by atoms with Gasteiger partial charge in [0, 0.05) is 0 Å². The van der Waals surface area contributed by atoms with E-state index in [0.717, 1.165) is 5.46 Å². The topological polar surface area (TPSA) is 18.5 Å². The second-order valence-electron chi connectivity index (χ2n) is 10.6. The van der Waals surface area contributed by atoms with Gasteiger partial charge in [-0.15, -0.1) is 0 Å². The van der Waals surface area contributed by atoms with Crippen molar-refractivity contribution in [2.75, 3.05) is 0 Å². The highest BCUT2D eigenvalue weighted by molar-refractivity contribution is 6.65. The van der Waals surface area contributed by atoms with Gasteiger partial charge in [-0.3, -0.25) is 0 Å². The van der Waals surface area contributed by atoms with E-state index in [1.807, 2.05) is 0 Å². The third kappa shape index (κ3) is 2.71. The zero-order valence-corrected chi connectivity index (χ0v) is 18.5. The fourth-order valence-electron chi connectivity index (χ4n) is 4.45. The summed E-state index contributed by atoms with van der Waals surface area (Å²) in [6.45, 7) is 15.3. The van der Waals surface area contributed by atoms with Crippen LogP contribution in [0.15, 0.2) is 48.5 Å². The highest BCUT2D eigenvalue weighted by Crippen LogP contribution is 2.40. The Labute approximate surface area is 173 Å². The molecule has 1 aliphatic rings. The molecular formula is C26H29BO2. The molecule has 5 rings (SSSR count). The molecule has 0 aliphatic carbocycles. The van der Waals surface area contributed by atoms with E-state index >= 15 is 0 Å². The summed E-state index contributed by atoms with van der Waals surface area (Å²) in [7, 11) is -0.352. The molecule has 0 bridgehead atoms. The minimum atomic E-state index is -0.352. The van der Waals surface area contributed by atoms with Gasteiger partial charge in [-0.05, 0) is 76.5 Å². The summed E-state index contributed by atoms with van der Waals surface area (Å²) in [5, 5.41) is 7.75. The molecule has 0 spiro atoms. The molecule has 0 unspecified atom stereocenters. The molecule has 3 heteroatoms. The first-order valence-corrected chi connectivity index (χ1v) is 10.6. The van der Waals surface area contributed by atoms with Crippen molar-refractivity contribution < 1.29 is 9.31 Å². The zero-order valence-electron chi connectivity index (χ0n) is 18.5. The minimum Gasteiger partial charge on any atom is -0.399 e. The highest BCUT2D eigenvalue weighted by atomic mass is 16.7. The summed E-state index contributed by atoms with van der Waals surface area (Å²) in [6.07, 6.45) is 0. The molecule has 0 N–H and O–H groups in total. The first-order valence-electron chi connectivity index (χ1n) is 10.6. The Morgan fingerprint density at radius 1 is 0.690 bits per heavy atom. The zero-order chi connectivity index (χ0) is 20.8. The number of benzene rings is 4. The summed E-state index contributed by atoms with van der Waals surface area (Å²) >= 11 is 0. The molecule has 148 valence electrons. The van der Waals surface area contributed by atoms with Gasteiger partial charge in [0.1, 0.15) is 0 Å². The maximum atomic E-state index is 6.38. The molecule has 1 fully saturated rings. The molecule has 2 nitrogen and oxygen atoms in total. The lowest BCUT2D eigenvalue weighted by Crippen LogP contribution is -2.41. The Bertz CT molecular complexity index is 1210. The predicted molar refractivity (Wildman–Crippen MR) is 125 cm³/mol. The fourth-order valence-corrected chi connectivity index (χ4v) is 4.45. The van der Waals surface area contributed by atoms with Gasteiger partial charge >= 0.3 is 7.12 Å². The second kappa shape index (κ2) is 5.74. The Hall–Kier alpha value is -2.10. The molecule has 0 atom stereocenters. The Morgan fingerprint density at radius 2 is 1.21 bits per heavy atom. The first-order chi connectivity index (χ1) is 13.5. The minimum absolute atomic E-state index is 0.123. The van der Waals surface area contributed by atoms with Crippen LogP contribution in [0.5, 0.6) is 0 Å². The normalized spacial score (nSPS) is 19.1. The lowest BCUT2D eigenvalue weighted by atomic mass is 9.74. The molecule has 1 saturated heterocycles. The third-order valence-electron chi connectivity index (χ3n) is 7.01. The Morgan fingerprint density at radius 3 is 1.79 bits per heavy atom. The molecule has 0 radical (unpaired) electrons.